The van der Waals surface area contributed by atoms with E-state index in [0.29, 0.717) is 11.3 Å². The van der Waals surface area contributed by atoms with Gasteiger partial charge in [-0.25, -0.2) is 0 Å². The third kappa shape index (κ3) is 6.32. The van der Waals surface area contributed by atoms with Crippen LogP contribution in [0.4, 0.5) is 24.5 Å². The Balaban J connectivity index is 1.84. The van der Waals surface area contributed by atoms with Gasteiger partial charge in [-0.1, -0.05) is 74.5 Å². The van der Waals surface area contributed by atoms with Crippen LogP contribution in [0, 0.1) is 0 Å². The monoisotopic (exact) mass is 471 g/mol. The molecule has 1 atom stereocenters. The van der Waals surface area contributed by atoms with Crippen LogP contribution < -0.4 is 16.0 Å². The minimum Gasteiger partial charge on any atom is -0.347 e. The van der Waals surface area contributed by atoms with Crippen LogP contribution in [0.5, 0.6) is 0 Å². The second-order valence-electron chi connectivity index (χ2n) is 7.72. The van der Waals surface area contributed by atoms with E-state index in [4.69, 9.17) is 12.2 Å². The van der Waals surface area contributed by atoms with E-state index in [1.165, 1.54) is 18.2 Å². The highest BCUT2D eigenvalue weighted by atomic mass is 32.1. The standard InChI is InChI=1S/C25H24F3N3OS/c1-16(2)18-12-6-8-14-20(18)29-23(32)22(17-10-4-3-5-11-17)31-24(33)30-21-15-9-7-13-19(21)25(26,27)28/h3-16,22H,1-2H3,(H,29,32)(H2,30,31,33). The maximum Gasteiger partial charge on any atom is 0.418 e. The average molecular weight is 472 g/mol. The van der Waals surface area contributed by atoms with Gasteiger partial charge in [-0.2, -0.15) is 13.2 Å². The van der Waals surface area contributed by atoms with Crippen molar-refractivity contribution in [2.75, 3.05) is 10.6 Å². The molecule has 0 radical (unpaired) electrons. The first-order valence-corrected chi connectivity index (χ1v) is 10.8. The molecule has 0 aliphatic rings. The largest absolute Gasteiger partial charge is 0.418 e. The molecule has 0 heterocycles. The molecule has 1 amide bonds. The van der Waals surface area contributed by atoms with Crippen LogP contribution in [-0.4, -0.2) is 11.0 Å². The molecule has 3 aromatic carbocycles. The Morgan fingerprint density at radius 2 is 1.39 bits per heavy atom. The second-order valence-corrected chi connectivity index (χ2v) is 8.12. The molecule has 33 heavy (non-hydrogen) atoms. The Morgan fingerprint density at radius 3 is 2.03 bits per heavy atom. The van der Waals surface area contributed by atoms with E-state index in [-0.39, 0.29) is 22.6 Å². The molecule has 3 rings (SSSR count). The summed E-state index contributed by atoms with van der Waals surface area (Å²) in [5, 5.41) is 8.28. The molecule has 0 aliphatic carbocycles. The van der Waals surface area contributed by atoms with Crippen LogP contribution in [0.2, 0.25) is 0 Å². The number of para-hydroxylation sites is 2. The van der Waals surface area contributed by atoms with Gasteiger partial charge in [-0.3, -0.25) is 4.79 Å². The summed E-state index contributed by atoms with van der Waals surface area (Å²) in [7, 11) is 0. The smallest absolute Gasteiger partial charge is 0.347 e. The number of carbonyl (C=O) groups excluding carboxylic acids is 1. The minimum atomic E-state index is -4.55. The molecule has 0 saturated heterocycles. The zero-order valence-electron chi connectivity index (χ0n) is 18.1. The third-order valence-corrected chi connectivity index (χ3v) is 5.21. The van der Waals surface area contributed by atoms with Crippen LogP contribution >= 0.6 is 12.2 Å². The van der Waals surface area contributed by atoms with Gasteiger partial charge in [0, 0.05) is 5.69 Å². The van der Waals surface area contributed by atoms with E-state index in [0.717, 1.165) is 11.6 Å². The number of alkyl halides is 3. The van der Waals surface area contributed by atoms with Crippen molar-refractivity contribution in [1.82, 2.24) is 5.32 Å². The zero-order chi connectivity index (χ0) is 24.0. The molecular formula is C25H24F3N3OS. The molecule has 0 saturated carbocycles. The molecule has 3 N–H and O–H groups in total. The molecule has 4 nitrogen and oxygen atoms in total. The number of nitrogens with one attached hydrogen (secondary N) is 3. The van der Waals surface area contributed by atoms with E-state index >= 15 is 0 Å². The Bertz CT molecular complexity index is 1120. The third-order valence-electron chi connectivity index (χ3n) is 4.99. The quantitative estimate of drug-likeness (QED) is 0.360. The molecular weight excluding hydrogens is 447 g/mol. The number of amides is 1. The number of hydrogen-bond acceptors (Lipinski definition) is 2. The molecule has 0 fully saturated rings. The van der Waals surface area contributed by atoms with Crippen LogP contribution in [0.15, 0.2) is 78.9 Å². The summed E-state index contributed by atoms with van der Waals surface area (Å²) in [6.45, 7) is 4.05. The molecule has 0 spiro atoms. The van der Waals surface area contributed by atoms with Gasteiger partial charge in [0.2, 0.25) is 0 Å². The summed E-state index contributed by atoms with van der Waals surface area (Å²) in [6.07, 6.45) is -4.55. The lowest BCUT2D eigenvalue weighted by Crippen LogP contribution is -2.39. The molecule has 8 heteroatoms. The van der Waals surface area contributed by atoms with Crippen molar-refractivity contribution < 1.29 is 18.0 Å². The normalized spacial score (nSPS) is 12.2. The van der Waals surface area contributed by atoms with Crippen molar-refractivity contribution in [3.63, 3.8) is 0 Å². The minimum absolute atomic E-state index is 0.104. The number of carbonyl (C=O) groups is 1. The number of benzene rings is 3. The van der Waals surface area contributed by atoms with Gasteiger partial charge in [0.05, 0.1) is 11.3 Å². The first kappa shape index (κ1) is 24.3. The van der Waals surface area contributed by atoms with Crippen molar-refractivity contribution in [1.29, 1.82) is 0 Å². The predicted molar refractivity (Wildman–Crippen MR) is 129 cm³/mol. The number of thiocarbonyl (C=S) groups is 1. The summed E-state index contributed by atoms with van der Waals surface area (Å²) in [6, 6.07) is 20.4. The first-order chi connectivity index (χ1) is 15.7. The number of anilines is 2. The van der Waals surface area contributed by atoms with Crippen molar-refractivity contribution >= 4 is 34.6 Å². The Labute approximate surface area is 196 Å². The van der Waals surface area contributed by atoms with Gasteiger partial charge in [0.1, 0.15) is 6.04 Å². The fourth-order valence-electron chi connectivity index (χ4n) is 3.39. The highest BCUT2D eigenvalue weighted by molar-refractivity contribution is 7.80. The Kier molecular flexibility index (Phi) is 7.71. The first-order valence-electron chi connectivity index (χ1n) is 10.3. The van der Waals surface area contributed by atoms with Gasteiger partial charge >= 0.3 is 6.18 Å². The zero-order valence-corrected chi connectivity index (χ0v) is 18.9. The van der Waals surface area contributed by atoms with E-state index in [1.54, 1.807) is 24.3 Å². The predicted octanol–water partition coefficient (Wildman–Crippen LogP) is 6.50. The SMILES string of the molecule is CC(C)c1ccccc1NC(=O)C(NC(=S)Nc1ccccc1C(F)(F)F)c1ccccc1. The van der Waals surface area contributed by atoms with Gasteiger partial charge < -0.3 is 16.0 Å². The highest BCUT2D eigenvalue weighted by Crippen LogP contribution is 2.34. The molecule has 3 aromatic rings. The van der Waals surface area contributed by atoms with Crippen molar-refractivity contribution in [3.8, 4) is 0 Å². The Hall–Kier alpha value is -3.39. The second kappa shape index (κ2) is 10.5. The van der Waals surface area contributed by atoms with Crippen LogP contribution in [0.1, 0.15) is 42.5 Å². The van der Waals surface area contributed by atoms with E-state index in [2.05, 4.69) is 16.0 Å². The molecule has 0 bridgehead atoms. The van der Waals surface area contributed by atoms with Gasteiger partial charge in [0.25, 0.3) is 5.91 Å². The van der Waals surface area contributed by atoms with Crippen molar-refractivity contribution in [2.24, 2.45) is 0 Å². The van der Waals surface area contributed by atoms with E-state index in [1.807, 2.05) is 44.2 Å². The number of rotatable bonds is 6. The van der Waals surface area contributed by atoms with Crippen molar-refractivity contribution in [3.05, 3.63) is 95.6 Å². The summed E-state index contributed by atoms with van der Waals surface area (Å²) >= 11 is 5.28. The lowest BCUT2D eigenvalue weighted by Gasteiger charge is -2.23. The van der Waals surface area contributed by atoms with Crippen LogP contribution in [0.25, 0.3) is 0 Å². The van der Waals surface area contributed by atoms with Crippen molar-refractivity contribution in [2.45, 2.75) is 32.0 Å². The topological polar surface area (TPSA) is 53.2 Å². The maximum absolute atomic E-state index is 13.3. The summed E-state index contributed by atoms with van der Waals surface area (Å²) < 4.78 is 40.0. The number of halogens is 3. The van der Waals surface area contributed by atoms with E-state index in [9.17, 15) is 18.0 Å². The summed E-state index contributed by atoms with van der Waals surface area (Å²) in [5.74, 6) is -0.200. The van der Waals surface area contributed by atoms with Crippen LogP contribution in [-0.2, 0) is 11.0 Å². The van der Waals surface area contributed by atoms with Crippen LogP contribution in [0.3, 0.4) is 0 Å². The summed E-state index contributed by atoms with van der Waals surface area (Å²) in [4.78, 5) is 13.3. The maximum atomic E-state index is 13.3. The molecule has 0 aliphatic heterocycles. The average Bonchev–Trinajstić information content (AvgIpc) is 2.78. The molecule has 1 unspecified atom stereocenters. The van der Waals surface area contributed by atoms with Gasteiger partial charge in [0.15, 0.2) is 5.11 Å². The van der Waals surface area contributed by atoms with E-state index < -0.39 is 17.8 Å². The van der Waals surface area contributed by atoms with Gasteiger partial charge in [-0.15, -0.1) is 0 Å². The van der Waals surface area contributed by atoms with Gasteiger partial charge in [-0.05, 0) is 47.5 Å². The lowest BCUT2D eigenvalue weighted by atomic mass is 10.0. The summed E-state index contributed by atoms with van der Waals surface area (Å²) in [5.41, 5.74) is 1.21. The number of hydrogen-bond donors (Lipinski definition) is 3. The Morgan fingerprint density at radius 1 is 0.818 bits per heavy atom. The highest BCUT2D eigenvalue weighted by Gasteiger charge is 2.33. The lowest BCUT2D eigenvalue weighted by molar-refractivity contribution is -0.137. The molecule has 172 valence electrons. The molecule has 0 aromatic heterocycles. The fraction of sp³-hybridized carbons (Fsp3) is 0.200. The fourth-order valence-corrected chi connectivity index (χ4v) is 3.62.